The van der Waals surface area contributed by atoms with E-state index in [2.05, 4.69) is 9.88 Å². The molecular weight excluding hydrogens is 316 g/mol. The lowest BCUT2D eigenvalue weighted by Crippen LogP contribution is -2.55. The lowest BCUT2D eigenvalue weighted by atomic mass is 9.73. The molecule has 25 heavy (non-hydrogen) atoms. The van der Waals surface area contributed by atoms with Crippen LogP contribution < -0.4 is 5.73 Å². The van der Waals surface area contributed by atoms with Crippen LogP contribution in [0.25, 0.3) is 0 Å². The highest BCUT2D eigenvalue weighted by atomic mass is 16.2. The van der Waals surface area contributed by atoms with Gasteiger partial charge in [-0.1, -0.05) is 0 Å². The van der Waals surface area contributed by atoms with E-state index in [1.165, 1.54) is 12.8 Å². The Morgan fingerprint density at radius 2 is 2.12 bits per heavy atom. The van der Waals surface area contributed by atoms with E-state index in [0.717, 1.165) is 45.4 Å². The van der Waals surface area contributed by atoms with Gasteiger partial charge in [-0.25, -0.2) is 4.98 Å². The van der Waals surface area contributed by atoms with E-state index in [9.17, 15) is 9.59 Å². The second-order valence-electron chi connectivity index (χ2n) is 8.02. The number of likely N-dealkylation sites (tertiary alicyclic amines) is 2. The number of anilines is 1. The van der Waals surface area contributed by atoms with Crippen molar-refractivity contribution in [1.82, 2.24) is 14.8 Å². The van der Waals surface area contributed by atoms with Crippen molar-refractivity contribution in [2.24, 2.45) is 11.3 Å². The number of pyridine rings is 1. The monoisotopic (exact) mass is 342 g/mol. The number of piperidine rings is 2. The second kappa shape index (κ2) is 6.32. The molecule has 134 valence electrons. The summed E-state index contributed by atoms with van der Waals surface area (Å²) in [6, 6.07) is 3.42. The summed E-state index contributed by atoms with van der Waals surface area (Å²) in [5, 5.41) is 0. The maximum atomic E-state index is 12.8. The first-order chi connectivity index (χ1) is 12.0. The van der Waals surface area contributed by atoms with Gasteiger partial charge >= 0.3 is 0 Å². The van der Waals surface area contributed by atoms with Crippen LogP contribution in [0.15, 0.2) is 18.3 Å². The van der Waals surface area contributed by atoms with Crippen LogP contribution in [0.1, 0.15) is 48.9 Å². The molecule has 3 fully saturated rings. The van der Waals surface area contributed by atoms with Crippen LogP contribution in [-0.4, -0.2) is 52.8 Å². The minimum absolute atomic E-state index is 0.0252. The van der Waals surface area contributed by atoms with Crippen molar-refractivity contribution in [3.05, 3.63) is 23.9 Å². The Morgan fingerprint density at radius 1 is 1.28 bits per heavy atom. The smallest absolute Gasteiger partial charge is 0.255 e. The Morgan fingerprint density at radius 3 is 2.84 bits per heavy atom. The maximum Gasteiger partial charge on any atom is 0.255 e. The Balaban J connectivity index is 1.46. The van der Waals surface area contributed by atoms with Crippen LogP contribution in [0.5, 0.6) is 0 Å². The molecule has 0 unspecified atom stereocenters. The molecule has 1 aliphatic carbocycles. The summed E-state index contributed by atoms with van der Waals surface area (Å²) in [5.74, 6) is 1.45. The average molecular weight is 342 g/mol. The SMILES string of the molecule is Nc1ccc(C(=O)N2CCC[C@@]3(CCC(=O)N(CC4CC4)C3)C2)cn1. The van der Waals surface area contributed by atoms with Gasteiger partial charge in [0, 0.05) is 44.2 Å². The van der Waals surface area contributed by atoms with Gasteiger partial charge in [0.15, 0.2) is 0 Å². The van der Waals surface area contributed by atoms with Gasteiger partial charge in [-0.2, -0.15) is 0 Å². The third-order valence-corrected chi connectivity index (χ3v) is 5.91. The molecule has 2 aliphatic heterocycles. The summed E-state index contributed by atoms with van der Waals surface area (Å²) >= 11 is 0. The Kier molecular flexibility index (Phi) is 4.13. The number of nitrogens with zero attached hydrogens (tertiary/aromatic N) is 3. The fraction of sp³-hybridized carbons (Fsp3) is 0.632. The molecule has 3 aliphatic rings. The number of amides is 2. The number of rotatable bonds is 3. The highest BCUT2D eigenvalue weighted by Gasteiger charge is 2.43. The van der Waals surface area contributed by atoms with Crippen LogP contribution in [0.3, 0.4) is 0 Å². The van der Waals surface area contributed by atoms with E-state index in [1.807, 2.05) is 4.90 Å². The topological polar surface area (TPSA) is 79.5 Å². The largest absolute Gasteiger partial charge is 0.384 e. The number of nitrogens with two attached hydrogens (primary N) is 1. The summed E-state index contributed by atoms with van der Waals surface area (Å²) in [4.78, 5) is 33.2. The van der Waals surface area contributed by atoms with Gasteiger partial charge in [0.25, 0.3) is 5.91 Å². The number of hydrogen-bond acceptors (Lipinski definition) is 4. The minimum atomic E-state index is 0.0252. The molecule has 6 heteroatoms. The zero-order valence-electron chi connectivity index (χ0n) is 14.6. The van der Waals surface area contributed by atoms with Crippen molar-refractivity contribution in [2.45, 2.75) is 38.5 Å². The van der Waals surface area contributed by atoms with Crippen LogP contribution in [0, 0.1) is 11.3 Å². The molecule has 6 nitrogen and oxygen atoms in total. The molecule has 1 atom stereocenters. The van der Waals surface area contributed by atoms with Crippen molar-refractivity contribution in [2.75, 3.05) is 31.9 Å². The molecule has 2 amide bonds. The van der Waals surface area contributed by atoms with E-state index >= 15 is 0 Å². The molecule has 0 radical (unpaired) electrons. The molecule has 3 heterocycles. The van der Waals surface area contributed by atoms with E-state index in [-0.39, 0.29) is 11.3 Å². The number of aromatic nitrogens is 1. The average Bonchev–Trinajstić information content (AvgIpc) is 3.43. The molecule has 2 saturated heterocycles. The predicted molar refractivity (Wildman–Crippen MR) is 94.8 cm³/mol. The highest BCUT2D eigenvalue weighted by Crippen LogP contribution is 2.41. The molecule has 1 saturated carbocycles. The number of hydrogen-bond donors (Lipinski definition) is 1. The summed E-state index contributed by atoms with van der Waals surface area (Å²) in [6.45, 7) is 3.24. The van der Waals surface area contributed by atoms with Crippen LogP contribution in [0.4, 0.5) is 5.82 Å². The third kappa shape index (κ3) is 3.48. The van der Waals surface area contributed by atoms with Crippen molar-refractivity contribution >= 4 is 17.6 Å². The third-order valence-electron chi connectivity index (χ3n) is 5.91. The van der Waals surface area contributed by atoms with Crippen LogP contribution in [0.2, 0.25) is 0 Å². The standard InChI is InChI=1S/C19H26N4O2/c20-16-5-4-15(10-21-16)18(25)22-9-1-7-19(12-22)8-6-17(24)23(13-19)11-14-2-3-14/h4-5,10,14H,1-3,6-9,11-13H2,(H2,20,21)/t19-/m1/s1. The zero-order valence-corrected chi connectivity index (χ0v) is 14.6. The zero-order chi connectivity index (χ0) is 17.4. The normalized spacial score (nSPS) is 27.0. The number of nitrogen functional groups attached to an aromatic ring is 1. The van der Waals surface area contributed by atoms with Crippen molar-refractivity contribution in [1.29, 1.82) is 0 Å². The predicted octanol–water partition coefficient (Wildman–Crippen LogP) is 1.92. The maximum absolute atomic E-state index is 12.8. The molecule has 1 aromatic rings. The van der Waals surface area contributed by atoms with Gasteiger partial charge in [0.1, 0.15) is 5.82 Å². The van der Waals surface area contributed by atoms with Crippen molar-refractivity contribution in [3.63, 3.8) is 0 Å². The Bertz CT molecular complexity index is 671. The molecule has 1 spiro atoms. The Hall–Kier alpha value is -2.11. The van der Waals surface area contributed by atoms with E-state index in [0.29, 0.717) is 29.6 Å². The van der Waals surface area contributed by atoms with Gasteiger partial charge in [0.05, 0.1) is 5.56 Å². The fourth-order valence-electron chi connectivity index (χ4n) is 4.31. The molecule has 0 aromatic carbocycles. The summed E-state index contributed by atoms with van der Waals surface area (Å²) in [5.41, 5.74) is 6.27. The van der Waals surface area contributed by atoms with Crippen molar-refractivity contribution in [3.8, 4) is 0 Å². The lowest BCUT2D eigenvalue weighted by Gasteiger charge is -2.48. The summed E-state index contributed by atoms with van der Waals surface area (Å²) in [7, 11) is 0. The first-order valence-corrected chi connectivity index (χ1v) is 9.33. The van der Waals surface area contributed by atoms with Gasteiger partial charge in [-0.15, -0.1) is 0 Å². The van der Waals surface area contributed by atoms with Crippen LogP contribution in [-0.2, 0) is 4.79 Å². The van der Waals surface area contributed by atoms with Gasteiger partial charge in [-0.3, -0.25) is 9.59 Å². The second-order valence-corrected chi connectivity index (χ2v) is 8.02. The van der Waals surface area contributed by atoms with Crippen LogP contribution >= 0.6 is 0 Å². The molecular formula is C19H26N4O2. The van der Waals surface area contributed by atoms with E-state index in [4.69, 9.17) is 5.73 Å². The molecule has 0 bridgehead atoms. The molecule has 2 N–H and O–H groups in total. The van der Waals surface area contributed by atoms with Gasteiger partial charge in [0.2, 0.25) is 5.91 Å². The number of carbonyl (C=O) groups excluding carboxylic acids is 2. The lowest BCUT2D eigenvalue weighted by molar-refractivity contribution is -0.139. The summed E-state index contributed by atoms with van der Waals surface area (Å²) in [6.07, 6.45) is 7.69. The molecule has 4 rings (SSSR count). The van der Waals surface area contributed by atoms with Crippen molar-refractivity contribution < 1.29 is 9.59 Å². The Labute approximate surface area is 148 Å². The van der Waals surface area contributed by atoms with Gasteiger partial charge < -0.3 is 15.5 Å². The number of carbonyl (C=O) groups is 2. The first kappa shape index (κ1) is 16.4. The highest BCUT2D eigenvalue weighted by molar-refractivity contribution is 5.94. The molecule has 1 aromatic heterocycles. The van der Waals surface area contributed by atoms with Gasteiger partial charge in [-0.05, 0) is 50.2 Å². The minimum Gasteiger partial charge on any atom is -0.384 e. The van der Waals surface area contributed by atoms with E-state index in [1.54, 1.807) is 18.3 Å². The quantitative estimate of drug-likeness (QED) is 0.910. The van der Waals surface area contributed by atoms with E-state index < -0.39 is 0 Å². The first-order valence-electron chi connectivity index (χ1n) is 9.33. The summed E-state index contributed by atoms with van der Waals surface area (Å²) < 4.78 is 0. The fourth-order valence-corrected chi connectivity index (χ4v) is 4.31.